The van der Waals surface area contributed by atoms with Crippen LogP contribution in [-0.4, -0.2) is 34.4 Å². The number of thiocarbonyl (C=S) groups is 1. The van der Waals surface area contributed by atoms with E-state index in [2.05, 4.69) is 32.6 Å². The number of hydrogen-bond acceptors (Lipinski definition) is 5. The van der Waals surface area contributed by atoms with Crippen molar-refractivity contribution >= 4 is 46.4 Å². The summed E-state index contributed by atoms with van der Waals surface area (Å²) in [7, 11) is 0. The van der Waals surface area contributed by atoms with Gasteiger partial charge < -0.3 is 0 Å². The van der Waals surface area contributed by atoms with Gasteiger partial charge in [-0.25, -0.2) is 0 Å². The van der Waals surface area contributed by atoms with Gasteiger partial charge in [0.25, 0.3) is 0 Å². The van der Waals surface area contributed by atoms with Gasteiger partial charge >= 0.3 is 0 Å². The van der Waals surface area contributed by atoms with Crippen molar-refractivity contribution in [2.45, 2.75) is 19.0 Å². The lowest BCUT2D eigenvalue weighted by Gasteiger charge is -2.18. The van der Waals surface area contributed by atoms with Crippen LogP contribution in [0.5, 0.6) is 0 Å². The Bertz CT molecular complexity index is 566. The largest absolute Gasteiger partial charge is 0.262 e. The molecule has 0 radical (unpaired) electrons. The summed E-state index contributed by atoms with van der Waals surface area (Å²) in [5.41, 5.74) is 4.22. The van der Waals surface area contributed by atoms with E-state index in [-0.39, 0.29) is 0 Å². The molecule has 0 amide bonds. The van der Waals surface area contributed by atoms with E-state index in [9.17, 15) is 0 Å². The Balaban J connectivity index is 2.15. The van der Waals surface area contributed by atoms with Crippen LogP contribution in [-0.2, 0) is 6.42 Å². The van der Waals surface area contributed by atoms with Gasteiger partial charge in [0.15, 0.2) is 9.98 Å². The molecule has 0 saturated carbocycles. The standard InChI is InChI=1S/C14H16N4S2/c1-11-9-15-14(17-11,10-16-18-13(19)20-2)8-12-6-4-3-5-7-12/h3-7,9-10H,8H2,1-2H3,(H,18,19)/b16-10-. The molecule has 0 aliphatic carbocycles. The van der Waals surface area contributed by atoms with E-state index < -0.39 is 5.66 Å². The third-order valence-corrected chi connectivity index (χ3v) is 3.82. The highest BCUT2D eigenvalue weighted by atomic mass is 32.2. The number of thioether (sulfide) groups is 1. The lowest BCUT2D eigenvalue weighted by Crippen LogP contribution is -2.29. The summed E-state index contributed by atoms with van der Waals surface area (Å²) in [6, 6.07) is 10.1. The van der Waals surface area contributed by atoms with Gasteiger partial charge in [-0.15, -0.1) is 0 Å². The maximum absolute atomic E-state index is 5.05. The minimum Gasteiger partial charge on any atom is -0.262 e. The SMILES string of the molecule is CSC(=S)N/N=C\C1(Cc2ccccc2)N=CC(C)=N1. The molecule has 0 saturated heterocycles. The van der Waals surface area contributed by atoms with Gasteiger partial charge in [0.1, 0.15) is 0 Å². The lowest BCUT2D eigenvalue weighted by atomic mass is 10.0. The number of hydrazone groups is 1. The molecule has 1 unspecified atom stereocenters. The smallest absolute Gasteiger partial charge is 0.191 e. The van der Waals surface area contributed by atoms with E-state index in [1.807, 2.05) is 31.4 Å². The van der Waals surface area contributed by atoms with Gasteiger partial charge in [0.05, 0.1) is 11.9 Å². The Morgan fingerprint density at radius 2 is 2.20 bits per heavy atom. The fourth-order valence-electron chi connectivity index (χ4n) is 1.89. The number of rotatable bonds is 4. The van der Waals surface area contributed by atoms with Crippen molar-refractivity contribution in [1.29, 1.82) is 0 Å². The monoisotopic (exact) mass is 304 g/mol. The Labute approximate surface area is 128 Å². The van der Waals surface area contributed by atoms with E-state index in [0.717, 1.165) is 5.71 Å². The van der Waals surface area contributed by atoms with Crippen LogP contribution < -0.4 is 5.43 Å². The molecule has 1 N–H and O–H groups in total. The fraction of sp³-hybridized carbons (Fsp3) is 0.286. The van der Waals surface area contributed by atoms with E-state index >= 15 is 0 Å². The summed E-state index contributed by atoms with van der Waals surface area (Å²) in [5.74, 6) is 0. The maximum atomic E-state index is 5.05. The predicted molar refractivity (Wildman–Crippen MR) is 92.2 cm³/mol. The first kappa shape index (κ1) is 14.9. The van der Waals surface area contributed by atoms with Crippen molar-refractivity contribution in [1.82, 2.24) is 5.43 Å². The van der Waals surface area contributed by atoms with Crippen LogP contribution in [0.3, 0.4) is 0 Å². The van der Waals surface area contributed by atoms with E-state index in [0.29, 0.717) is 10.7 Å². The zero-order chi connectivity index (χ0) is 14.4. The number of benzene rings is 1. The second-order valence-electron chi connectivity index (χ2n) is 4.41. The molecule has 1 aliphatic rings. The van der Waals surface area contributed by atoms with E-state index in [4.69, 9.17) is 12.2 Å². The molecular weight excluding hydrogens is 288 g/mol. The minimum atomic E-state index is -0.660. The summed E-state index contributed by atoms with van der Waals surface area (Å²) in [4.78, 5) is 9.09. The zero-order valence-electron chi connectivity index (χ0n) is 11.4. The Hall–Kier alpha value is -1.53. The number of hydrogen-bond donors (Lipinski definition) is 1. The highest BCUT2D eigenvalue weighted by Gasteiger charge is 2.29. The molecule has 104 valence electrons. The molecule has 2 rings (SSSR count). The quantitative estimate of drug-likeness (QED) is 0.528. The van der Waals surface area contributed by atoms with Gasteiger partial charge in [0.2, 0.25) is 0 Å². The van der Waals surface area contributed by atoms with Crippen molar-refractivity contribution in [3.8, 4) is 0 Å². The summed E-state index contributed by atoms with van der Waals surface area (Å²) in [6.07, 6.45) is 6.08. The zero-order valence-corrected chi connectivity index (χ0v) is 13.0. The van der Waals surface area contributed by atoms with E-state index in [1.54, 1.807) is 12.4 Å². The molecular formula is C14H16N4S2. The predicted octanol–water partition coefficient (Wildman–Crippen LogP) is 2.69. The maximum Gasteiger partial charge on any atom is 0.191 e. The first-order valence-corrected chi connectivity index (χ1v) is 7.81. The first-order chi connectivity index (χ1) is 9.63. The Morgan fingerprint density at radius 3 is 2.80 bits per heavy atom. The highest BCUT2D eigenvalue weighted by Crippen LogP contribution is 2.21. The molecule has 20 heavy (non-hydrogen) atoms. The fourth-order valence-corrected chi connectivity index (χ4v) is 2.09. The Morgan fingerprint density at radius 1 is 1.45 bits per heavy atom. The van der Waals surface area contributed by atoms with Crippen LogP contribution in [0.4, 0.5) is 0 Å². The summed E-state index contributed by atoms with van der Waals surface area (Å²) in [5, 5.41) is 4.17. The van der Waals surface area contributed by atoms with Crippen LogP contribution in [0.2, 0.25) is 0 Å². The molecule has 1 aliphatic heterocycles. The van der Waals surface area contributed by atoms with Gasteiger partial charge in [-0.2, -0.15) is 5.10 Å². The molecule has 1 atom stereocenters. The van der Waals surface area contributed by atoms with Crippen LogP contribution in [0, 0.1) is 0 Å². The van der Waals surface area contributed by atoms with Crippen molar-refractivity contribution < 1.29 is 0 Å². The molecule has 4 nitrogen and oxygen atoms in total. The van der Waals surface area contributed by atoms with Gasteiger partial charge in [-0.3, -0.25) is 15.4 Å². The molecule has 1 aromatic rings. The average Bonchev–Trinajstić information content (AvgIpc) is 2.81. The first-order valence-electron chi connectivity index (χ1n) is 6.17. The summed E-state index contributed by atoms with van der Waals surface area (Å²) in [6.45, 7) is 1.93. The van der Waals surface area contributed by atoms with Crippen molar-refractivity contribution in [3.63, 3.8) is 0 Å². The molecule has 0 aromatic heterocycles. The van der Waals surface area contributed by atoms with Crippen molar-refractivity contribution in [2.24, 2.45) is 15.1 Å². The molecule has 0 spiro atoms. The molecule has 0 fully saturated rings. The Kier molecular flexibility index (Phi) is 5.03. The van der Waals surface area contributed by atoms with Crippen LogP contribution in [0.15, 0.2) is 45.4 Å². The molecule has 1 heterocycles. The van der Waals surface area contributed by atoms with Gasteiger partial charge in [-0.1, -0.05) is 54.3 Å². The number of nitrogens with one attached hydrogen (secondary N) is 1. The van der Waals surface area contributed by atoms with Crippen LogP contribution >= 0.6 is 24.0 Å². The summed E-state index contributed by atoms with van der Waals surface area (Å²) >= 11 is 6.49. The second-order valence-corrected chi connectivity index (χ2v) is 5.90. The normalized spacial score (nSPS) is 21.2. The topological polar surface area (TPSA) is 49.1 Å². The highest BCUT2D eigenvalue weighted by molar-refractivity contribution is 8.22. The lowest BCUT2D eigenvalue weighted by molar-refractivity contribution is 0.618. The third-order valence-electron chi connectivity index (χ3n) is 2.76. The van der Waals surface area contributed by atoms with Crippen LogP contribution in [0.25, 0.3) is 0 Å². The molecule has 6 heteroatoms. The van der Waals surface area contributed by atoms with Crippen molar-refractivity contribution in [3.05, 3.63) is 35.9 Å². The summed E-state index contributed by atoms with van der Waals surface area (Å²) < 4.78 is 0.624. The van der Waals surface area contributed by atoms with Gasteiger partial charge in [-0.05, 0) is 18.7 Å². The van der Waals surface area contributed by atoms with E-state index in [1.165, 1.54) is 17.3 Å². The third kappa shape index (κ3) is 3.98. The van der Waals surface area contributed by atoms with Gasteiger partial charge in [0, 0.05) is 12.6 Å². The molecule has 1 aromatic carbocycles. The van der Waals surface area contributed by atoms with Crippen LogP contribution in [0.1, 0.15) is 12.5 Å². The second kappa shape index (κ2) is 6.76. The molecule has 0 bridgehead atoms. The number of aliphatic imine (C=N–C) groups is 2. The average molecular weight is 304 g/mol. The number of nitrogens with zero attached hydrogens (tertiary/aromatic N) is 3. The minimum absolute atomic E-state index is 0.624. The van der Waals surface area contributed by atoms with Crippen molar-refractivity contribution in [2.75, 3.05) is 6.26 Å².